The number of nitrogens with zero attached hydrogens (tertiary/aromatic N) is 4. The minimum atomic E-state index is 0.0277. The summed E-state index contributed by atoms with van der Waals surface area (Å²) < 4.78 is 6.95. The number of halogens is 1. The van der Waals surface area contributed by atoms with Gasteiger partial charge >= 0.3 is 0 Å². The molecule has 2 aliphatic rings. The highest BCUT2D eigenvalue weighted by Crippen LogP contribution is 2.23. The van der Waals surface area contributed by atoms with Crippen molar-refractivity contribution in [3.8, 4) is 0 Å². The normalized spacial score (nSPS) is 25.8. The molecule has 7 nitrogen and oxygen atoms in total. The molecule has 2 saturated heterocycles. The number of rotatable bonds is 5. The predicted molar refractivity (Wildman–Crippen MR) is 89.8 cm³/mol. The summed E-state index contributed by atoms with van der Waals surface area (Å²) in [5.41, 5.74) is 0. The van der Waals surface area contributed by atoms with Crippen molar-refractivity contribution < 1.29 is 14.6 Å². The van der Waals surface area contributed by atoms with Crippen molar-refractivity contribution in [3.05, 3.63) is 17.4 Å². The number of carbonyl (C=O) groups excluding carboxylic acids is 1. The number of aliphatic hydroxyl groups excluding tert-OH is 1. The molecule has 1 amide bonds. The Morgan fingerprint density at radius 3 is 2.75 bits per heavy atom. The van der Waals surface area contributed by atoms with E-state index >= 15 is 0 Å². The summed E-state index contributed by atoms with van der Waals surface area (Å²) >= 11 is 5.85. The van der Waals surface area contributed by atoms with Gasteiger partial charge in [0.05, 0.1) is 24.4 Å². The van der Waals surface area contributed by atoms with E-state index in [-0.39, 0.29) is 25.0 Å². The molecule has 8 heteroatoms. The Kier molecular flexibility index (Phi) is 6.10. The van der Waals surface area contributed by atoms with E-state index in [1.807, 2.05) is 4.90 Å². The van der Waals surface area contributed by atoms with E-state index in [0.717, 1.165) is 45.8 Å². The Morgan fingerprint density at radius 1 is 1.33 bits per heavy atom. The molecule has 0 spiro atoms. The van der Waals surface area contributed by atoms with Crippen LogP contribution in [0.25, 0.3) is 0 Å². The molecule has 0 radical (unpaired) electrons. The van der Waals surface area contributed by atoms with Crippen LogP contribution in [0.1, 0.15) is 6.42 Å². The van der Waals surface area contributed by atoms with Crippen LogP contribution in [-0.4, -0.2) is 83.1 Å². The molecule has 1 aromatic heterocycles. The summed E-state index contributed by atoms with van der Waals surface area (Å²) in [7, 11) is 0. The second-order valence-electron chi connectivity index (χ2n) is 6.72. The van der Waals surface area contributed by atoms with Crippen molar-refractivity contribution in [1.29, 1.82) is 0 Å². The molecule has 0 saturated carbocycles. The molecule has 134 valence electrons. The molecule has 0 aliphatic carbocycles. The maximum atomic E-state index is 12.6. The van der Waals surface area contributed by atoms with E-state index < -0.39 is 0 Å². The van der Waals surface area contributed by atoms with Gasteiger partial charge < -0.3 is 14.7 Å². The van der Waals surface area contributed by atoms with E-state index in [4.69, 9.17) is 16.3 Å². The third kappa shape index (κ3) is 4.69. The number of morpholine rings is 1. The summed E-state index contributed by atoms with van der Waals surface area (Å²) in [5.74, 6) is 0.564. The van der Waals surface area contributed by atoms with Crippen molar-refractivity contribution in [2.75, 3.05) is 52.5 Å². The van der Waals surface area contributed by atoms with Gasteiger partial charge in [-0.1, -0.05) is 11.6 Å². The minimum Gasteiger partial charge on any atom is -0.396 e. The first kappa shape index (κ1) is 17.7. The predicted octanol–water partition coefficient (Wildman–Crippen LogP) is 0.326. The zero-order valence-corrected chi connectivity index (χ0v) is 14.6. The second-order valence-corrected chi connectivity index (χ2v) is 7.15. The van der Waals surface area contributed by atoms with Crippen molar-refractivity contribution in [2.45, 2.75) is 13.0 Å². The Hall–Kier alpha value is -1.15. The van der Waals surface area contributed by atoms with Gasteiger partial charge in [-0.3, -0.25) is 14.4 Å². The van der Waals surface area contributed by atoms with Crippen LogP contribution in [-0.2, 0) is 16.1 Å². The molecular formula is C16H25ClN4O3. The fraction of sp³-hybridized carbons (Fsp3) is 0.750. The number of piperidine rings is 1. The van der Waals surface area contributed by atoms with Gasteiger partial charge in [0.2, 0.25) is 5.91 Å². The van der Waals surface area contributed by atoms with E-state index in [9.17, 15) is 9.90 Å². The van der Waals surface area contributed by atoms with Crippen LogP contribution in [0, 0.1) is 11.8 Å². The van der Waals surface area contributed by atoms with Crippen LogP contribution in [0.2, 0.25) is 5.02 Å². The first-order valence-electron chi connectivity index (χ1n) is 8.50. The fourth-order valence-electron chi connectivity index (χ4n) is 3.60. The monoisotopic (exact) mass is 356 g/mol. The average Bonchev–Trinajstić information content (AvgIpc) is 3.00. The lowest BCUT2D eigenvalue weighted by Gasteiger charge is -2.40. The standard InChI is InChI=1S/C16H25ClN4O3/c17-15-6-18-21(10-15)11-16(23)20-8-13(5-14(9-20)12-22)7-19-1-3-24-4-2-19/h6,10,13-14,22H,1-5,7-9,11-12H2/t13-,14+/m1/s1. The van der Waals surface area contributed by atoms with Gasteiger partial charge in [0.15, 0.2) is 0 Å². The smallest absolute Gasteiger partial charge is 0.244 e. The van der Waals surface area contributed by atoms with E-state index in [2.05, 4.69) is 10.00 Å². The number of hydrogen-bond donors (Lipinski definition) is 1. The van der Waals surface area contributed by atoms with Gasteiger partial charge in [0.25, 0.3) is 0 Å². The lowest BCUT2D eigenvalue weighted by molar-refractivity contribution is -0.135. The number of hydrogen-bond acceptors (Lipinski definition) is 5. The number of ether oxygens (including phenoxy) is 1. The zero-order valence-electron chi connectivity index (χ0n) is 13.8. The SMILES string of the molecule is O=C(Cn1cc(Cl)cn1)N1C[C@@H](CN2CCOCC2)C[C@H](CO)C1. The first-order valence-corrected chi connectivity index (χ1v) is 8.88. The van der Waals surface area contributed by atoms with Crippen molar-refractivity contribution >= 4 is 17.5 Å². The van der Waals surface area contributed by atoms with Crippen LogP contribution in [0.4, 0.5) is 0 Å². The minimum absolute atomic E-state index is 0.0277. The van der Waals surface area contributed by atoms with E-state index in [1.54, 1.807) is 10.9 Å². The largest absolute Gasteiger partial charge is 0.396 e. The maximum Gasteiger partial charge on any atom is 0.244 e. The van der Waals surface area contributed by atoms with Crippen LogP contribution < -0.4 is 0 Å². The third-order valence-corrected chi connectivity index (χ3v) is 4.95. The molecule has 2 aliphatic heterocycles. The number of carbonyl (C=O) groups is 1. The van der Waals surface area contributed by atoms with Crippen molar-refractivity contribution in [1.82, 2.24) is 19.6 Å². The van der Waals surface area contributed by atoms with Crippen molar-refractivity contribution in [3.63, 3.8) is 0 Å². The topological polar surface area (TPSA) is 70.8 Å². The molecule has 2 atom stereocenters. The highest BCUT2D eigenvalue weighted by atomic mass is 35.5. The highest BCUT2D eigenvalue weighted by Gasteiger charge is 2.31. The quantitative estimate of drug-likeness (QED) is 0.823. The van der Waals surface area contributed by atoms with Gasteiger partial charge in [-0.05, 0) is 18.3 Å². The van der Waals surface area contributed by atoms with Crippen LogP contribution in [0.5, 0.6) is 0 Å². The van der Waals surface area contributed by atoms with E-state index in [1.165, 1.54) is 6.20 Å². The zero-order chi connectivity index (χ0) is 16.9. The molecule has 24 heavy (non-hydrogen) atoms. The van der Waals surface area contributed by atoms with E-state index in [0.29, 0.717) is 17.5 Å². The Bertz CT molecular complexity index is 547. The molecule has 0 bridgehead atoms. The average molecular weight is 357 g/mol. The van der Waals surface area contributed by atoms with Gasteiger partial charge in [-0.15, -0.1) is 0 Å². The van der Waals surface area contributed by atoms with Crippen LogP contribution in [0.3, 0.4) is 0 Å². The highest BCUT2D eigenvalue weighted by molar-refractivity contribution is 6.30. The van der Waals surface area contributed by atoms with Crippen molar-refractivity contribution in [2.24, 2.45) is 11.8 Å². The fourth-order valence-corrected chi connectivity index (χ4v) is 3.76. The number of amides is 1. The number of aromatic nitrogens is 2. The number of aliphatic hydroxyl groups is 1. The molecule has 3 heterocycles. The molecular weight excluding hydrogens is 332 g/mol. The lowest BCUT2D eigenvalue weighted by Crippen LogP contribution is -2.50. The van der Waals surface area contributed by atoms with Gasteiger partial charge in [-0.2, -0.15) is 5.10 Å². The van der Waals surface area contributed by atoms with Crippen LogP contribution >= 0.6 is 11.6 Å². The summed E-state index contributed by atoms with van der Waals surface area (Å²) in [6.45, 7) is 6.06. The molecule has 2 fully saturated rings. The Balaban J connectivity index is 1.58. The maximum absolute atomic E-state index is 12.6. The van der Waals surface area contributed by atoms with Crippen LogP contribution in [0.15, 0.2) is 12.4 Å². The third-order valence-electron chi connectivity index (χ3n) is 4.75. The second kappa shape index (κ2) is 8.29. The summed E-state index contributed by atoms with van der Waals surface area (Å²) in [6, 6.07) is 0. The molecule has 1 aromatic rings. The Labute approximate surface area is 147 Å². The summed E-state index contributed by atoms with van der Waals surface area (Å²) in [5, 5.41) is 14.2. The first-order chi connectivity index (χ1) is 11.6. The molecule has 3 rings (SSSR count). The van der Waals surface area contributed by atoms with Gasteiger partial charge in [0.1, 0.15) is 6.54 Å². The lowest BCUT2D eigenvalue weighted by atomic mass is 9.89. The summed E-state index contributed by atoms with van der Waals surface area (Å²) in [4.78, 5) is 16.8. The van der Waals surface area contributed by atoms with Gasteiger partial charge in [0, 0.05) is 45.5 Å². The molecule has 0 aromatic carbocycles. The molecule has 0 unspecified atom stereocenters. The summed E-state index contributed by atoms with van der Waals surface area (Å²) in [6.07, 6.45) is 4.15. The number of likely N-dealkylation sites (tertiary alicyclic amines) is 1. The molecule has 1 N–H and O–H groups in total. The van der Waals surface area contributed by atoms with Gasteiger partial charge in [-0.25, -0.2) is 0 Å². The Morgan fingerprint density at radius 2 is 2.08 bits per heavy atom.